The van der Waals surface area contributed by atoms with E-state index in [1.54, 1.807) is 26.0 Å². The van der Waals surface area contributed by atoms with Gasteiger partial charge in [-0.3, -0.25) is 19.6 Å². The Kier molecular flexibility index (Phi) is 12.1. The summed E-state index contributed by atoms with van der Waals surface area (Å²) >= 11 is 14.4. The number of methoxy groups -OCH3 is 2. The van der Waals surface area contributed by atoms with E-state index in [-0.39, 0.29) is 39.4 Å². The molecular weight excluding hydrogens is 831 g/mol. The largest absolute Gasteiger partial charge is 0.496 e. The molecule has 0 N–H and O–H groups in total. The fourth-order valence-electron chi connectivity index (χ4n) is 8.43. The van der Waals surface area contributed by atoms with Crippen molar-refractivity contribution in [2.75, 3.05) is 27.4 Å². The molecule has 60 heavy (non-hydrogen) atoms. The second-order valence-corrected chi connectivity index (χ2v) is 15.7. The minimum absolute atomic E-state index is 0.0954. The van der Waals surface area contributed by atoms with Crippen molar-refractivity contribution >= 4 is 58.8 Å². The Morgan fingerprint density at radius 2 is 0.900 bits per heavy atom. The van der Waals surface area contributed by atoms with E-state index in [1.165, 1.54) is 33.8 Å². The Hall–Kier alpha value is -6.05. The average Bonchev–Trinajstić information content (AvgIpc) is 3.40. The topological polar surface area (TPSA) is 118 Å². The van der Waals surface area contributed by atoms with E-state index in [0.717, 1.165) is 11.1 Å². The molecule has 0 spiro atoms. The molecule has 4 heterocycles. The number of carbonyl (C=O) groups is 4. The van der Waals surface area contributed by atoms with Crippen LogP contribution in [0.5, 0.6) is 11.5 Å². The maximum absolute atomic E-state index is 15.4. The van der Waals surface area contributed by atoms with E-state index in [1.807, 2.05) is 72.8 Å². The van der Waals surface area contributed by atoms with Crippen LogP contribution in [-0.4, -0.2) is 86.7 Å². The van der Waals surface area contributed by atoms with Gasteiger partial charge in [0.2, 0.25) is 0 Å². The standard InChI is InChI=1S/C44H38N4O8.CHCl3/c1-5-55-39(49)43-44(40(50)56-6-2)47-27-35-36(38(54-4)24-23-37(35)53-3)28-48(44)42(52)46(43)26-34-32(20-18-30-15-11-8-12-16-30)22-21-31(33(34)25-45(43)41(47)51)19-17-29-13-9-7-10-14-29;2-1(3)4/h7-16,21-24H,5-6,25-28H2,1-4H3;1H. The van der Waals surface area contributed by atoms with Gasteiger partial charge < -0.3 is 18.9 Å². The molecule has 0 aliphatic carbocycles. The lowest BCUT2D eigenvalue weighted by molar-refractivity contribution is -0.191. The molecular formula is C45H39Cl3N4O8. The van der Waals surface area contributed by atoms with E-state index in [0.29, 0.717) is 44.9 Å². The third kappa shape index (κ3) is 6.79. The van der Waals surface area contributed by atoms with Crippen LogP contribution in [0.2, 0.25) is 0 Å². The van der Waals surface area contributed by atoms with Gasteiger partial charge in [0.1, 0.15) is 11.5 Å². The maximum atomic E-state index is 15.4. The molecule has 0 atom stereocenters. The van der Waals surface area contributed by atoms with E-state index < -0.39 is 39.6 Å². The van der Waals surface area contributed by atoms with E-state index in [4.69, 9.17) is 53.8 Å². The number of nitrogens with zero attached hydrogens (tertiary/aromatic N) is 4. The highest BCUT2D eigenvalue weighted by atomic mass is 35.6. The molecule has 308 valence electrons. The second-order valence-electron chi connectivity index (χ2n) is 13.7. The van der Waals surface area contributed by atoms with E-state index >= 15 is 14.4 Å². The lowest BCUT2D eigenvalue weighted by atomic mass is 9.90. The molecule has 0 aromatic heterocycles. The van der Waals surface area contributed by atoms with Crippen LogP contribution in [0.4, 0.5) is 9.59 Å². The van der Waals surface area contributed by atoms with Crippen LogP contribution in [0.15, 0.2) is 84.9 Å². The second kappa shape index (κ2) is 17.3. The van der Waals surface area contributed by atoms with Crippen molar-refractivity contribution in [2.24, 2.45) is 0 Å². The molecule has 2 saturated heterocycles. The van der Waals surface area contributed by atoms with E-state index in [2.05, 4.69) is 23.7 Å². The molecule has 4 aliphatic rings. The van der Waals surface area contributed by atoms with Gasteiger partial charge in [0.05, 0.1) is 53.6 Å². The third-order valence-corrected chi connectivity index (χ3v) is 10.8. The predicted molar refractivity (Wildman–Crippen MR) is 224 cm³/mol. The van der Waals surface area contributed by atoms with Gasteiger partial charge in [0, 0.05) is 33.4 Å². The summed E-state index contributed by atoms with van der Waals surface area (Å²) in [6.45, 7) is 2.18. The summed E-state index contributed by atoms with van der Waals surface area (Å²) in [5.41, 5.74) is 0.173. The number of rotatable bonds is 6. The van der Waals surface area contributed by atoms with Gasteiger partial charge >= 0.3 is 24.0 Å². The molecule has 4 amide bonds. The number of halogens is 3. The lowest BCUT2D eigenvalue weighted by Gasteiger charge is -2.43. The number of hydrogen-bond donors (Lipinski definition) is 0. The summed E-state index contributed by atoms with van der Waals surface area (Å²) in [7, 11) is 2.99. The monoisotopic (exact) mass is 868 g/mol. The zero-order valence-electron chi connectivity index (χ0n) is 33.1. The smallest absolute Gasteiger partial charge is 0.358 e. The highest BCUT2D eigenvalue weighted by Gasteiger charge is 2.87. The summed E-state index contributed by atoms with van der Waals surface area (Å²) in [5, 5.41) is 0. The number of benzene rings is 4. The number of alkyl halides is 3. The third-order valence-electron chi connectivity index (χ3n) is 10.8. The Balaban J connectivity index is 0.00000130. The van der Waals surface area contributed by atoms with Crippen molar-refractivity contribution in [1.29, 1.82) is 0 Å². The summed E-state index contributed by atoms with van der Waals surface area (Å²) in [5.74, 6) is 11.9. The molecule has 0 unspecified atom stereocenters. The fraction of sp³-hybridized carbons (Fsp3) is 0.289. The SMILES string of the molecule is CCOC(=O)C12N3Cc4c(C#Cc5ccccc5)ccc(C#Cc5ccccc5)c4CN1C(=O)N1Cc4c(OC)ccc(OC)c4CN(C3=O)C12C(=O)OCC.ClC(Cl)Cl. The number of esters is 2. The molecule has 2 fully saturated rings. The molecule has 4 aliphatic heterocycles. The van der Waals surface area contributed by atoms with Crippen LogP contribution < -0.4 is 9.47 Å². The van der Waals surface area contributed by atoms with Crippen LogP contribution >= 0.6 is 34.8 Å². The van der Waals surface area contributed by atoms with Crippen molar-refractivity contribution in [1.82, 2.24) is 19.6 Å². The highest BCUT2D eigenvalue weighted by Crippen LogP contribution is 2.58. The molecule has 4 aromatic rings. The van der Waals surface area contributed by atoms with Gasteiger partial charge in [-0.2, -0.15) is 0 Å². The van der Waals surface area contributed by atoms with Gasteiger partial charge in [-0.05, 0) is 73.5 Å². The van der Waals surface area contributed by atoms with Crippen LogP contribution in [0.25, 0.3) is 0 Å². The van der Waals surface area contributed by atoms with Crippen molar-refractivity contribution in [3.05, 3.63) is 129 Å². The molecule has 15 heteroatoms. The minimum Gasteiger partial charge on any atom is -0.496 e. The van der Waals surface area contributed by atoms with Crippen molar-refractivity contribution < 1.29 is 38.1 Å². The van der Waals surface area contributed by atoms with Crippen molar-refractivity contribution in [3.63, 3.8) is 0 Å². The minimum atomic E-state index is -2.35. The maximum Gasteiger partial charge on any atom is 0.358 e. The van der Waals surface area contributed by atoms with Gasteiger partial charge in [-0.1, -0.05) is 94.9 Å². The summed E-state index contributed by atoms with van der Waals surface area (Å²) in [6.07, 6.45) is 0. The summed E-state index contributed by atoms with van der Waals surface area (Å²) < 4.78 is 22.4. The van der Waals surface area contributed by atoms with Crippen LogP contribution in [0, 0.1) is 23.7 Å². The number of urea groups is 2. The van der Waals surface area contributed by atoms with Gasteiger partial charge in [0.25, 0.3) is 11.3 Å². The van der Waals surface area contributed by atoms with Crippen LogP contribution in [0.3, 0.4) is 0 Å². The molecule has 12 nitrogen and oxygen atoms in total. The highest BCUT2D eigenvalue weighted by molar-refractivity contribution is 6.63. The van der Waals surface area contributed by atoms with Crippen molar-refractivity contribution in [3.8, 4) is 35.2 Å². The fourth-order valence-corrected chi connectivity index (χ4v) is 8.43. The Labute approximate surface area is 362 Å². The van der Waals surface area contributed by atoms with Crippen LogP contribution in [0.1, 0.15) is 58.4 Å². The number of amides is 4. The van der Waals surface area contributed by atoms with Gasteiger partial charge in [-0.25, -0.2) is 19.2 Å². The average molecular weight is 870 g/mol. The number of hydrogen-bond acceptors (Lipinski definition) is 8. The zero-order chi connectivity index (χ0) is 42.8. The number of ether oxygens (including phenoxy) is 4. The zero-order valence-corrected chi connectivity index (χ0v) is 35.4. The normalized spacial score (nSPS) is 19.2. The first-order valence-corrected chi connectivity index (χ1v) is 20.3. The lowest BCUT2D eigenvalue weighted by Crippen LogP contribution is -2.75. The molecule has 0 bridgehead atoms. The summed E-state index contributed by atoms with van der Waals surface area (Å²) in [4.78, 5) is 65.9. The van der Waals surface area contributed by atoms with E-state index in [9.17, 15) is 4.79 Å². The van der Waals surface area contributed by atoms with Crippen molar-refractivity contribution in [2.45, 2.75) is 55.6 Å². The molecule has 0 radical (unpaired) electrons. The molecule has 8 rings (SSSR count). The molecule has 0 saturated carbocycles. The van der Waals surface area contributed by atoms with Gasteiger partial charge in [0.15, 0.2) is 4.30 Å². The van der Waals surface area contributed by atoms with Crippen LogP contribution in [-0.2, 0) is 45.2 Å². The predicted octanol–water partition coefficient (Wildman–Crippen LogP) is 7.21. The molecule has 4 aromatic carbocycles. The first-order valence-electron chi connectivity index (χ1n) is 19.0. The van der Waals surface area contributed by atoms with Gasteiger partial charge in [-0.15, -0.1) is 0 Å². The number of fused-ring (bicyclic) bond motifs is 2. The first kappa shape index (κ1) is 42.1. The first-order chi connectivity index (χ1) is 29.0. The number of carbonyl (C=O) groups excluding carboxylic acids is 4. The summed E-state index contributed by atoms with van der Waals surface area (Å²) in [6, 6.07) is 24.6. The Morgan fingerprint density at radius 3 is 1.22 bits per heavy atom. The Bertz CT molecular complexity index is 2330. The quantitative estimate of drug-likeness (QED) is 0.113. The Morgan fingerprint density at radius 1 is 0.567 bits per heavy atom.